The molecule has 3 aliphatic rings. The Morgan fingerprint density at radius 2 is 2.20 bits per heavy atom. The highest BCUT2D eigenvalue weighted by molar-refractivity contribution is 5.81. The van der Waals surface area contributed by atoms with Gasteiger partial charge in [-0.15, -0.1) is 5.10 Å². The van der Waals surface area contributed by atoms with Crippen LogP contribution in [-0.2, 0) is 9.53 Å². The molecule has 1 aromatic rings. The maximum Gasteiger partial charge on any atom is 0.251 e. The average Bonchev–Trinajstić information content (AvgIpc) is 2.98. The van der Waals surface area contributed by atoms with Crippen LogP contribution in [0.5, 0.6) is 0 Å². The van der Waals surface area contributed by atoms with E-state index in [2.05, 4.69) is 16.5 Å². The van der Waals surface area contributed by atoms with Crippen LogP contribution in [0.25, 0.3) is 0 Å². The summed E-state index contributed by atoms with van der Waals surface area (Å²) >= 11 is 0. The minimum absolute atomic E-state index is 0.160. The normalized spacial score (nSPS) is 30.1. The quantitative estimate of drug-likeness (QED) is 0.829. The second kappa shape index (κ2) is 4.84. The van der Waals surface area contributed by atoms with E-state index in [0.29, 0.717) is 5.92 Å². The summed E-state index contributed by atoms with van der Waals surface area (Å²) in [6.45, 7) is 2.27. The molecule has 2 atom stereocenters. The molecule has 2 aliphatic heterocycles. The van der Waals surface area contributed by atoms with Crippen LogP contribution in [0.3, 0.4) is 0 Å². The molecule has 0 radical (unpaired) electrons. The number of carbonyl (C=O) groups excluding carboxylic acids is 1. The Labute approximate surface area is 118 Å². The lowest BCUT2D eigenvalue weighted by atomic mass is 10.2. The van der Waals surface area contributed by atoms with Gasteiger partial charge in [0.05, 0.1) is 11.7 Å². The van der Waals surface area contributed by atoms with E-state index in [9.17, 15) is 4.79 Å². The van der Waals surface area contributed by atoms with Crippen molar-refractivity contribution in [1.29, 1.82) is 0 Å². The van der Waals surface area contributed by atoms with E-state index in [4.69, 9.17) is 4.74 Å². The zero-order valence-electron chi connectivity index (χ0n) is 11.6. The lowest BCUT2D eigenvalue weighted by Gasteiger charge is -2.19. The third-order valence-electron chi connectivity index (χ3n) is 4.58. The number of carbonyl (C=O) groups is 1. The fraction of sp³-hybridized carbons (Fsp3) is 0.786. The first-order chi connectivity index (χ1) is 9.81. The van der Waals surface area contributed by atoms with E-state index in [1.54, 1.807) is 0 Å². The highest BCUT2D eigenvalue weighted by Crippen LogP contribution is 2.39. The fourth-order valence-electron chi connectivity index (χ4n) is 3.17. The Kier molecular flexibility index (Phi) is 2.98. The van der Waals surface area contributed by atoms with Gasteiger partial charge in [0.25, 0.3) is 5.91 Å². The monoisotopic (exact) mass is 276 g/mol. The number of hydrogen-bond donors (Lipinski definition) is 0. The molecule has 0 unspecified atom stereocenters. The van der Waals surface area contributed by atoms with Gasteiger partial charge in [0.2, 0.25) is 0 Å². The highest BCUT2D eigenvalue weighted by atomic mass is 16.5. The van der Waals surface area contributed by atoms with E-state index in [0.717, 1.165) is 44.7 Å². The van der Waals surface area contributed by atoms with E-state index < -0.39 is 0 Å². The van der Waals surface area contributed by atoms with Crippen molar-refractivity contribution in [3.63, 3.8) is 0 Å². The van der Waals surface area contributed by atoms with Gasteiger partial charge < -0.3 is 9.64 Å². The van der Waals surface area contributed by atoms with Crippen LogP contribution in [0, 0.1) is 0 Å². The van der Waals surface area contributed by atoms with Gasteiger partial charge in [-0.3, -0.25) is 4.79 Å². The number of amides is 1. The van der Waals surface area contributed by atoms with E-state index in [-0.39, 0.29) is 18.1 Å². The third-order valence-corrected chi connectivity index (χ3v) is 4.58. The summed E-state index contributed by atoms with van der Waals surface area (Å²) in [5, 5.41) is 8.50. The van der Waals surface area contributed by atoms with E-state index in [1.165, 1.54) is 12.8 Å². The molecule has 4 rings (SSSR count). The molecule has 0 N–H and O–H groups in total. The smallest absolute Gasteiger partial charge is 0.251 e. The summed E-state index contributed by atoms with van der Waals surface area (Å²) in [4.78, 5) is 14.2. The fourth-order valence-corrected chi connectivity index (χ4v) is 3.17. The van der Waals surface area contributed by atoms with Crippen LogP contribution < -0.4 is 0 Å². The van der Waals surface area contributed by atoms with Crippen molar-refractivity contribution in [3.05, 3.63) is 11.9 Å². The van der Waals surface area contributed by atoms with Crippen LogP contribution in [0.4, 0.5) is 0 Å². The molecule has 0 bridgehead atoms. The average molecular weight is 276 g/mol. The van der Waals surface area contributed by atoms with Crippen LogP contribution in [0.1, 0.15) is 49.8 Å². The largest absolute Gasteiger partial charge is 0.368 e. The summed E-state index contributed by atoms with van der Waals surface area (Å²) < 4.78 is 7.44. The Balaban J connectivity index is 1.40. The van der Waals surface area contributed by atoms with Crippen LogP contribution in [-0.4, -0.2) is 51.6 Å². The summed E-state index contributed by atoms with van der Waals surface area (Å²) in [5.41, 5.74) is 1.12. The number of rotatable bonds is 3. The minimum Gasteiger partial charge on any atom is -0.368 e. The lowest BCUT2D eigenvalue weighted by molar-refractivity contribution is -0.139. The summed E-state index contributed by atoms with van der Waals surface area (Å²) in [6.07, 6.45) is 7.19. The lowest BCUT2D eigenvalue weighted by Crippen LogP contribution is -2.37. The van der Waals surface area contributed by atoms with Gasteiger partial charge in [0.15, 0.2) is 0 Å². The Morgan fingerprint density at radius 3 is 2.95 bits per heavy atom. The third kappa shape index (κ3) is 2.22. The molecule has 6 heteroatoms. The first kappa shape index (κ1) is 12.3. The topological polar surface area (TPSA) is 60.2 Å². The van der Waals surface area contributed by atoms with E-state index in [1.807, 2.05) is 9.58 Å². The molecule has 1 aromatic heterocycles. The zero-order chi connectivity index (χ0) is 13.5. The highest BCUT2D eigenvalue weighted by Gasteiger charge is 2.34. The summed E-state index contributed by atoms with van der Waals surface area (Å²) in [7, 11) is 0. The summed E-state index contributed by atoms with van der Waals surface area (Å²) in [6, 6.07) is 0.278. The molecule has 3 fully saturated rings. The molecule has 0 spiro atoms. The first-order valence-corrected chi connectivity index (χ1v) is 7.63. The van der Waals surface area contributed by atoms with Crippen LogP contribution in [0.2, 0.25) is 0 Å². The zero-order valence-corrected chi connectivity index (χ0v) is 11.6. The van der Waals surface area contributed by atoms with Gasteiger partial charge in [-0.1, -0.05) is 5.21 Å². The maximum absolute atomic E-state index is 12.3. The van der Waals surface area contributed by atoms with Crippen molar-refractivity contribution in [1.82, 2.24) is 19.9 Å². The molecule has 6 nitrogen and oxygen atoms in total. The predicted molar refractivity (Wildman–Crippen MR) is 71.2 cm³/mol. The van der Waals surface area contributed by atoms with Crippen molar-refractivity contribution in [2.45, 2.75) is 50.2 Å². The number of nitrogens with zero attached hydrogens (tertiary/aromatic N) is 4. The maximum atomic E-state index is 12.3. The standard InChI is InChI=1S/C14H20N4O2/c19-14(13-2-1-7-20-13)17-6-5-11(8-17)18-9-12(15-16-18)10-3-4-10/h9-11,13H,1-8H2/t11-,13+/m1/s1. The van der Waals surface area contributed by atoms with Crippen molar-refractivity contribution in [3.8, 4) is 0 Å². The molecule has 3 heterocycles. The molecule has 1 saturated carbocycles. The van der Waals surface area contributed by atoms with Crippen molar-refractivity contribution in [2.75, 3.05) is 19.7 Å². The predicted octanol–water partition coefficient (Wildman–Crippen LogP) is 1.11. The van der Waals surface area contributed by atoms with Gasteiger partial charge >= 0.3 is 0 Å². The van der Waals surface area contributed by atoms with Crippen molar-refractivity contribution >= 4 is 5.91 Å². The number of aromatic nitrogens is 3. The van der Waals surface area contributed by atoms with Crippen molar-refractivity contribution < 1.29 is 9.53 Å². The molecular weight excluding hydrogens is 256 g/mol. The van der Waals surface area contributed by atoms with Gasteiger partial charge in [-0.05, 0) is 32.1 Å². The molecule has 20 heavy (non-hydrogen) atoms. The van der Waals surface area contributed by atoms with Crippen molar-refractivity contribution in [2.24, 2.45) is 0 Å². The van der Waals surface area contributed by atoms with Gasteiger partial charge in [0, 0.05) is 31.8 Å². The van der Waals surface area contributed by atoms with Gasteiger partial charge in [0.1, 0.15) is 6.10 Å². The molecule has 108 valence electrons. The number of likely N-dealkylation sites (tertiary alicyclic amines) is 1. The Morgan fingerprint density at radius 1 is 1.30 bits per heavy atom. The molecule has 1 aliphatic carbocycles. The van der Waals surface area contributed by atoms with Crippen LogP contribution >= 0.6 is 0 Å². The molecule has 2 saturated heterocycles. The minimum atomic E-state index is -0.202. The Bertz CT molecular complexity index is 505. The van der Waals surface area contributed by atoms with E-state index >= 15 is 0 Å². The number of hydrogen-bond acceptors (Lipinski definition) is 4. The molecular formula is C14H20N4O2. The first-order valence-electron chi connectivity index (χ1n) is 7.63. The SMILES string of the molecule is O=C([C@@H]1CCCO1)N1CC[C@@H](n2cc(C3CC3)nn2)C1. The Hall–Kier alpha value is -1.43. The number of ether oxygens (including phenoxy) is 1. The second-order valence-corrected chi connectivity index (χ2v) is 6.13. The molecule has 0 aromatic carbocycles. The molecule has 1 amide bonds. The van der Waals surface area contributed by atoms with Gasteiger partial charge in [-0.2, -0.15) is 0 Å². The van der Waals surface area contributed by atoms with Crippen LogP contribution in [0.15, 0.2) is 6.20 Å². The second-order valence-electron chi connectivity index (χ2n) is 6.13. The summed E-state index contributed by atoms with van der Waals surface area (Å²) in [5.74, 6) is 0.794. The van der Waals surface area contributed by atoms with Gasteiger partial charge in [-0.25, -0.2) is 4.68 Å².